The first-order chi connectivity index (χ1) is 28.6. The highest BCUT2D eigenvalue weighted by Crippen LogP contribution is 2.41. The summed E-state index contributed by atoms with van der Waals surface area (Å²) < 4.78 is 18.6. The number of hydrogen-bond donors (Lipinski definition) is 2. The van der Waals surface area contributed by atoms with Crippen molar-refractivity contribution in [3.8, 4) is 34.4 Å². The van der Waals surface area contributed by atoms with Gasteiger partial charge in [0.15, 0.2) is 17.6 Å². The molecule has 5 aromatic carbocycles. The zero-order valence-corrected chi connectivity index (χ0v) is 33.6. The minimum Gasteiger partial charge on any atom is -0.489 e. The Hall–Kier alpha value is -6.32. The lowest BCUT2D eigenvalue weighted by Gasteiger charge is -2.37. The monoisotopic (exact) mass is 843 g/mol. The van der Waals surface area contributed by atoms with E-state index in [0.29, 0.717) is 49.9 Å². The fraction of sp³-hybridized carbons (Fsp3) is 0.174. The molecule has 3 unspecified atom stereocenters. The minimum absolute atomic E-state index is 0.0330. The molecule has 296 valence electrons. The number of fused-ring (bicyclic) bond motifs is 2. The fourth-order valence-corrected chi connectivity index (χ4v) is 8.15. The molecule has 2 N–H and O–H groups in total. The fourth-order valence-electron chi connectivity index (χ4n) is 7.15. The Morgan fingerprint density at radius 1 is 0.881 bits per heavy atom. The number of carbonyl (C=O) groups is 3. The second-order valence-electron chi connectivity index (χ2n) is 14.2. The maximum absolute atomic E-state index is 14.1. The number of hydrogen-bond acceptors (Lipinski definition) is 8. The topological polar surface area (TPSA) is 138 Å². The highest BCUT2D eigenvalue weighted by atomic mass is 35.5. The lowest BCUT2D eigenvalue weighted by Crippen LogP contribution is -2.55. The first-order valence-corrected chi connectivity index (χ1v) is 20.3. The summed E-state index contributed by atoms with van der Waals surface area (Å²) in [4.78, 5) is 42.5. The van der Waals surface area contributed by atoms with Crippen LogP contribution in [0.15, 0.2) is 121 Å². The smallest absolute Gasteiger partial charge is 0.326 e. The van der Waals surface area contributed by atoms with Crippen LogP contribution in [0.3, 0.4) is 0 Å². The number of carbonyl (C=O) groups excluding carboxylic acids is 2. The van der Waals surface area contributed by atoms with Crippen molar-refractivity contribution < 1.29 is 33.7 Å². The minimum atomic E-state index is -1.25. The first kappa shape index (κ1) is 39.5. The number of nitrogens with one attached hydrogen (secondary N) is 1. The predicted molar refractivity (Wildman–Crippen MR) is 224 cm³/mol. The average Bonchev–Trinajstić information content (AvgIpc) is 3.81. The van der Waals surface area contributed by atoms with E-state index in [9.17, 15) is 19.5 Å². The number of ether oxygens (including phenoxy) is 3. The molecule has 0 bridgehead atoms. The molecule has 3 atom stereocenters. The molecule has 2 aliphatic rings. The van der Waals surface area contributed by atoms with Crippen LogP contribution < -0.4 is 19.5 Å². The van der Waals surface area contributed by atoms with Crippen LogP contribution in [0, 0.1) is 11.3 Å². The second-order valence-corrected chi connectivity index (χ2v) is 16.0. The van der Waals surface area contributed by atoms with Gasteiger partial charge in [0.05, 0.1) is 26.6 Å². The van der Waals surface area contributed by atoms with Crippen molar-refractivity contribution >= 4 is 52.3 Å². The molecule has 0 aliphatic carbocycles. The predicted octanol–water partition coefficient (Wildman–Crippen LogP) is 9.06. The van der Waals surface area contributed by atoms with E-state index in [-0.39, 0.29) is 31.9 Å². The lowest BCUT2D eigenvalue weighted by atomic mass is 9.92. The van der Waals surface area contributed by atoms with Gasteiger partial charge in [-0.2, -0.15) is 5.26 Å². The normalized spacial score (nSPS) is 16.0. The van der Waals surface area contributed by atoms with Crippen molar-refractivity contribution in [3.05, 3.63) is 169 Å². The largest absolute Gasteiger partial charge is 0.489 e. The van der Waals surface area contributed by atoms with E-state index in [4.69, 9.17) is 42.7 Å². The van der Waals surface area contributed by atoms with Gasteiger partial charge in [-0.25, -0.2) is 4.79 Å². The van der Waals surface area contributed by atoms with Gasteiger partial charge in [0.25, 0.3) is 5.91 Å². The number of rotatable bonds is 11. The molecule has 2 aliphatic heterocycles. The van der Waals surface area contributed by atoms with Crippen LogP contribution in [0.5, 0.6) is 17.2 Å². The first-order valence-electron chi connectivity index (χ1n) is 18.7. The van der Waals surface area contributed by atoms with Gasteiger partial charge in [-0.3, -0.25) is 9.59 Å². The van der Waals surface area contributed by atoms with E-state index < -0.39 is 30.1 Å². The van der Waals surface area contributed by atoms with Gasteiger partial charge < -0.3 is 29.5 Å². The van der Waals surface area contributed by atoms with Gasteiger partial charge in [0.2, 0.25) is 5.91 Å². The molecule has 3 heterocycles. The molecular formula is C46H35Cl2N3O7S. The van der Waals surface area contributed by atoms with Crippen LogP contribution in [0.1, 0.15) is 49.2 Å². The Bertz CT molecular complexity index is 2560. The summed E-state index contributed by atoms with van der Waals surface area (Å²) in [6, 6.07) is 34.5. The van der Waals surface area contributed by atoms with Crippen LogP contribution in [0.25, 0.3) is 11.1 Å². The number of carboxylic acid groups (broad SMARTS) is 1. The van der Waals surface area contributed by atoms with E-state index in [0.717, 1.165) is 33.4 Å². The molecule has 59 heavy (non-hydrogen) atoms. The van der Waals surface area contributed by atoms with Gasteiger partial charge in [-0.15, -0.1) is 11.3 Å². The molecule has 0 saturated carbocycles. The number of thiophene rings is 1. The van der Waals surface area contributed by atoms with Crippen LogP contribution in [-0.4, -0.2) is 46.5 Å². The van der Waals surface area contributed by atoms with Crippen molar-refractivity contribution in [2.24, 2.45) is 0 Å². The number of amides is 2. The van der Waals surface area contributed by atoms with E-state index in [1.165, 1.54) is 16.2 Å². The molecule has 0 radical (unpaired) electrons. The average molecular weight is 845 g/mol. The Labute approximate surface area is 354 Å². The Morgan fingerprint density at radius 2 is 1.59 bits per heavy atom. The van der Waals surface area contributed by atoms with Crippen molar-refractivity contribution in [3.63, 3.8) is 0 Å². The highest BCUT2D eigenvalue weighted by Gasteiger charge is 2.38. The summed E-state index contributed by atoms with van der Waals surface area (Å²) in [6.07, 6.45) is -0.227. The molecule has 1 aromatic heterocycles. The number of nitriles is 1. The van der Waals surface area contributed by atoms with Crippen molar-refractivity contribution in [2.75, 3.05) is 6.61 Å². The van der Waals surface area contributed by atoms with Gasteiger partial charge in [-0.05, 0) is 98.9 Å². The molecule has 0 fully saturated rings. The summed E-state index contributed by atoms with van der Waals surface area (Å²) in [5.41, 5.74) is 6.46. The second kappa shape index (κ2) is 17.3. The van der Waals surface area contributed by atoms with Crippen LogP contribution in [0.2, 0.25) is 10.0 Å². The number of carboxylic acids is 1. The molecule has 13 heteroatoms. The molecule has 8 rings (SSSR count). The Morgan fingerprint density at radius 3 is 2.27 bits per heavy atom. The van der Waals surface area contributed by atoms with E-state index in [1.54, 1.807) is 41.8 Å². The molecular weight excluding hydrogens is 809 g/mol. The van der Waals surface area contributed by atoms with E-state index in [2.05, 4.69) is 11.4 Å². The maximum Gasteiger partial charge on any atom is 0.326 e. The van der Waals surface area contributed by atoms with Crippen LogP contribution in [0.4, 0.5) is 0 Å². The quantitative estimate of drug-likeness (QED) is 0.132. The van der Waals surface area contributed by atoms with Gasteiger partial charge in [0, 0.05) is 19.4 Å². The number of nitrogens with zero attached hydrogens (tertiary/aromatic N) is 2. The maximum atomic E-state index is 14.1. The molecule has 6 aromatic rings. The van der Waals surface area contributed by atoms with E-state index >= 15 is 0 Å². The summed E-state index contributed by atoms with van der Waals surface area (Å²) in [7, 11) is 0. The highest BCUT2D eigenvalue weighted by molar-refractivity contribution is 7.12. The zero-order chi connectivity index (χ0) is 41.0. The molecule has 0 saturated heterocycles. The number of halogens is 2. The van der Waals surface area contributed by atoms with Crippen molar-refractivity contribution in [2.45, 2.75) is 44.2 Å². The Kier molecular flexibility index (Phi) is 11.6. The molecule has 0 spiro atoms. The summed E-state index contributed by atoms with van der Waals surface area (Å²) in [5, 5.41) is 24.8. The summed E-state index contributed by atoms with van der Waals surface area (Å²) in [6.45, 7) is 0.672. The van der Waals surface area contributed by atoms with Crippen molar-refractivity contribution in [1.82, 2.24) is 10.2 Å². The zero-order valence-electron chi connectivity index (χ0n) is 31.3. The lowest BCUT2D eigenvalue weighted by molar-refractivity contribution is -0.142. The molecule has 2 amide bonds. The SMILES string of the molecule is N#Cc1ccc(-c2ccc(CC(NC(=O)C3Cc4cc5c(cc4CN3C(=O)c3cccs3)OC(c3ccc(OCc4ccc(Cl)c(Cl)c4)cc3)CO5)C(=O)O)cc2)cc1. The van der Waals surface area contributed by atoms with Crippen molar-refractivity contribution in [1.29, 1.82) is 5.26 Å². The van der Waals surface area contributed by atoms with Gasteiger partial charge >= 0.3 is 5.97 Å². The van der Waals surface area contributed by atoms with Crippen LogP contribution >= 0.6 is 34.5 Å². The van der Waals surface area contributed by atoms with Crippen LogP contribution in [-0.2, 0) is 35.6 Å². The summed E-state index contributed by atoms with van der Waals surface area (Å²) >= 11 is 13.4. The number of benzene rings is 5. The third-order valence-corrected chi connectivity index (χ3v) is 11.9. The van der Waals surface area contributed by atoms with Gasteiger partial charge in [0.1, 0.15) is 31.0 Å². The third kappa shape index (κ3) is 8.91. The summed E-state index contributed by atoms with van der Waals surface area (Å²) in [5.74, 6) is -0.382. The number of aliphatic carboxylic acids is 1. The molecule has 10 nitrogen and oxygen atoms in total. The third-order valence-electron chi connectivity index (χ3n) is 10.3. The van der Waals surface area contributed by atoms with Gasteiger partial charge in [-0.1, -0.05) is 83.9 Å². The standard InChI is InChI=1S/C46H35Cl2N3O7S/c47-36-16-7-29(18-37(36)48)25-56-35-14-12-32(13-15-35)42-26-57-40-21-33-20-39(51(24-34(33)22-41(40)58-42)45(53)43-2-1-17-59-43)44(52)50-38(46(54)55)19-27-3-8-30(9-4-27)31-10-5-28(23-49)6-11-31/h1-18,21-22,38-39,42H,19-20,24-26H2,(H,50,52)(H,54,55). The van der Waals surface area contributed by atoms with E-state index in [1.807, 2.05) is 78.9 Å². The Balaban J connectivity index is 0.964.